The minimum atomic E-state index is -0.411. The summed E-state index contributed by atoms with van der Waals surface area (Å²) in [5.74, 6) is 1.18. The van der Waals surface area contributed by atoms with Crippen LogP contribution in [0.25, 0.3) is 0 Å². The van der Waals surface area contributed by atoms with Crippen LogP contribution in [0.4, 0.5) is 4.39 Å². The highest BCUT2D eigenvalue weighted by molar-refractivity contribution is 6.35. The molecule has 0 aliphatic heterocycles. The zero-order valence-corrected chi connectivity index (χ0v) is 13.6. The van der Waals surface area contributed by atoms with Gasteiger partial charge in [-0.2, -0.15) is 0 Å². The highest BCUT2D eigenvalue weighted by atomic mass is 35.5. The molecule has 0 saturated heterocycles. The van der Waals surface area contributed by atoms with Gasteiger partial charge in [-0.05, 0) is 55.8 Å². The average molecular weight is 318 g/mol. The third-order valence-corrected chi connectivity index (χ3v) is 4.97. The molecule has 0 bridgehead atoms. The first-order chi connectivity index (χ1) is 9.47. The molecule has 1 atom stereocenters. The Bertz CT molecular complexity index is 456. The maximum atomic E-state index is 13.5. The fraction of sp³-hybridized carbons (Fsp3) is 0.625. The summed E-state index contributed by atoms with van der Waals surface area (Å²) < 4.78 is 13.5. The lowest BCUT2D eigenvalue weighted by atomic mass is 9.83. The van der Waals surface area contributed by atoms with Crippen LogP contribution >= 0.6 is 23.2 Å². The van der Waals surface area contributed by atoms with Crippen molar-refractivity contribution in [2.45, 2.75) is 45.6 Å². The van der Waals surface area contributed by atoms with Gasteiger partial charge in [-0.1, -0.05) is 43.0 Å². The van der Waals surface area contributed by atoms with Crippen LogP contribution in [-0.4, -0.2) is 6.54 Å². The molecule has 4 heteroatoms. The first kappa shape index (κ1) is 16.1. The summed E-state index contributed by atoms with van der Waals surface area (Å²) in [5.41, 5.74) is 0.776. The van der Waals surface area contributed by atoms with Crippen LogP contribution in [0.1, 0.15) is 51.1 Å². The van der Waals surface area contributed by atoms with E-state index in [1.807, 2.05) is 6.92 Å². The zero-order chi connectivity index (χ0) is 14.7. The summed E-state index contributed by atoms with van der Waals surface area (Å²) in [5, 5.41) is 4.07. The van der Waals surface area contributed by atoms with Gasteiger partial charge in [0.05, 0.1) is 5.02 Å². The summed E-state index contributed by atoms with van der Waals surface area (Å²) in [6.45, 7) is 5.30. The Morgan fingerprint density at radius 2 is 1.85 bits per heavy atom. The third kappa shape index (κ3) is 4.09. The van der Waals surface area contributed by atoms with Crippen LogP contribution in [0.2, 0.25) is 10.0 Å². The van der Waals surface area contributed by atoms with Gasteiger partial charge in [0.2, 0.25) is 0 Å². The van der Waals surface area contributed by atoms with E-state index in [4.69, 9.17) is 23.2 Å². The molecule has 1 saturated carbocycles. The maximum absolute atomic E-state index is 13.5. The van der Waals surface area contributed by atoms with Gasteiger partial charge in [-0.3, -0.25) is 0 Å². The van der Waals surface area contributed by atoms with Crippen molar-refractivity contribution in [2.75, 3.05) is 6.54 Å². The molecule has 0 aromatic heterocycles. The first-order valence-electron chi connectivity index (χ1n) is 7.35. The van der Waals surface area contributed by atoms with Crippen molar-refractivity contribution >= 4 is 23.2 Å². The lowest BCUT2D eigenvalue weighted by Gasteiger charge is -2.28. The molecule has 0 spiro atoms. The predicted octanol–water partition coefficient (Wildman–Crippen LogP) is 5.61. The minimum Gasteiger partial charge on any atom is -0.310 e. The Morgan fingerprint density at radius 3 is 2.50 bits per heavy atom. The second-order valence-electron chi connectivity index (χ2n) is 6.04. The van der Waals surface area contributed by atoms with Gasteiger partial charge in [-0.15, -0.1) is 0 Å². The number of rotatable bonds is 4. The zero-order valence-electron chi connectivity index (χ0n) is 12.1. The van der Waals surface area contributed by atoms with Gasteiger partial charge in [0.15, 0.2) is 0 Å². The molecular formula is C16H22Cl2FN. The molecule has 2 rings (SSSR count). The van der Waals surface area contributed by atoms with Crippen LogP contribution in [0, 0.1) is 17.7 Å². The van der Waals surface area contributed by atoms with Crippen LogP contribution < -0.4 is 5.32 Å². The molecule has 0 heterocycles. The third-order valence-electron chi connectivity index (χ3n) is 4.35. The van der Waals surface area contributed by atoms with Gasteiger partial charge in [-0.25, -0.2) is 4.39 Å². The van der Waals surface area contributed by atoms with E-state index in [2.05, 4.69) is 12.2 Å². The van der Waals surface area contributed by atoms with E-state index in [1.165, 1.54) is 37.8 Å². The Hall–Kier alpha value is -0.310. The first-order valence-corrected chi connectivity index (χ1v) is 8.10. The van der Waals surface area contributed by atoms with E-state index in [9.17, 15) is 4.39 Å². The van der Waals surface area contributed by atoms with Crippen molar-refractivity contribution in [3.05, 3.63) is 33.6 Å². The monoisotopic (exact) mass is 317 g/mol. The second kappa shape index (κ2) is 7.11. The highest BCUT2D eigenvalue weighted by Gasteiger charge is 2.19. The van der Waals surface area contributed by atoms with Crippen molar-refractivity contribution in [1.29, 1.82) is 0 Å². The molecule has 1 aliphatic carbocycles. The fourth-order valence-electron chi connectivity index (χ4n) is 2.86. The number of benzene rings is 1. The number of halogens is 3. The molecule has 1 aromatic carbocycles. The smallest absolute Gasteiger partial charge is 0.142 e. The predicted molar refractivity (Wildman–Crippen MR) is 84.0 cm³/mol. The fourth-order valence-corrected chi connectivity index (χ4v) is 3.40. The molecule has 1 fully saturated rings. The van der Waals surface area contributed by atoms with E-state index >= 15 is 0 Å². The van der Waals surface area contributed by atoms with Gasteiger partial charge >= 0.3 is 0 Å². The number of hydrogen-bond acceptors (Lipinski definition) is 1. The van der Waals surface area contributed by atoms with Crippen LogP contribution in [0.5, 0.6) is 0 Å². The Labute approximate surface area is 130 Å². The lowest BCUT2D eigenvalue weighted by Crippen LogP contribution is -2.28. The maximum Gasteiger partial charge on any atom is 0.142 e. The quantitative estimate of drug-likeness (QED) is 0.712. The lowest BCUT2D eigenvalue weighted by molar-refractivity contribution is 0.276. The summed E-state index contributed by atoms with van der Waals surface area (Å²) >= 11 is 11.9. The standard InChI is InChI=1S/C16H22Cl2FN/c1-10-3-5-12(6-4-10)9-20-11(2)13-7-16(19)15(18)8-14(13)17/h7-8,10-12,20H,3-6,9H2,1-2H3. The van der Waals surface area contributed by atoms with E-state index < -0.39 is 5.82 Å². The van der Waals surface area contributed by atoms with Crippen LogP contribution in [0.3, 0.4) is 0 Å². The topological polar surface area (TPSA) is 12.0 Å². The summed E-state index contributed by atoms with van der Waals surface area (Å²) in [6, 6.07) is 2.95. The molecule has 1 aliphatic rings. The molecule has 1 unspecified atom stereocenters. The average Bonchev–Trinajstić information content (AvgIpc) is 2.42. The van der Waals surface area contributed by atoms with Crippen molar-refractivity contribution in [3.8, 4) is 0 Å². The van der Waals surface area contributed by atoms with E-state index in [0.717, 1.165) is 23.9 Å². The summed E-state index contributed by atoms with van der Waals surface area (Å²) in [7, 11) is 0. The molecule has 20 heavy (non-hydrogen) atoms. The van der Waals surface area contributed by atoms with E-state index in [1.54, 1.807) is 0 Å². The van der Waals surface area contributed by atoms with Gasteiger partial charge in [0.25, 0.3) is 0 Å². The normalized spacial score (nSPS) is 24.6. The Balaban J connectivity index is 1.92. The molecule has 1 aromatic rings. The second-order valence-corrected chi connectivity index (χ2v) is 6.86. The Kier molecular flexibility index (Phi) is 5.71. The van der Waals surface area contributed by atoms with Gasteiger partial charge < -0.3 is 5.32 Å². The molecule has 0 radical (unpaired) electrons. The van der Waals surface area contributed by atoms with E-state index in [-0.39, 0.29) is 11.1 Å². The van der Waals surface area contributed by atoms with Gasteiger partial charge in [0.1, 0.15) is 5.82 Å². The van der Waals surface area contributed by atoms with Crippen LogP contribution in [0.15, 0.2) is 12.1 Å². The van der Waals surface area contributed by atoms with Crippen molar-refractivity contribution in [3.63, 3.8) is 0 Å². The summed E-state index contributed by atoms with van der Waals surface area (Å²) in [6.07, 6.45) is 5.20. The molecule has 1 N–H and O–H groups in total. The van der Waals surface area contributed by atoms with Crippen molar-refractivity contribution in [2.24, 2.45) is 11.8 Å². The molecule has 1 nitrogen and oxygen atoms in total. The number of hydrogen-bond donors (Lipinski definition) is 1. The van der Waals surface area contributed by atoms with Gasteiger partial charge in [0, 0.05) is 11.1 Å². The SMILES string of the molecule is CC1CCC(CNC(C)c2cc(F)c(Cl)cc2Cl)CC1. The molecule has 0 amide bonds. The minimum absolute atomic E-state index is 0.0358. The van der Waals surface area contributed by atoms with Crippen molar-refractivity contribution in [1.82, 2.24) is 5.32 Å². The molecule has 112 valence electrons. The molecular weight excluding hydrogens is 296 g/mol. The van der Waals surface area contributed by atoms with Crippen molar-refractivity contribution < 1.29 is 4.39 Å². The largest absolute Gasteiger partial charge is 0.310 e. The van der Waals surface area contributed by atoms with E-state index in [0.29, 0.717) is 5.02 Å². The van der Waals surface area contributed by atoms with Crippen LogP contribution in [-0.2, 0) is 0 Å². The highest BCUT2D eigenvalue weighted by Crippen LogP contribution is 2.30. The Morgan fingerprint density at radius 1 is 1.20 bits per heavy atom. The summed E-state index contributed by atoms with van der Waals surface area (Å²) in [4.78, 5) is 0. The number of nitrogens with one attached hydrogen (secondary N) is 1.